The monoisotopic (exact) mass is 413 g/mol. The molecule has 3 aromatic rings. The maximum absolute atomic E-state index is 2.60. The summed E-state index contributed by atoms with van der Waals surface area (Å²) in [6.07, 6.45) is 2.37. The van der Waals surface area contributed by atoms with Crippen molar-refractivity contribution in [2.24, 2.45) is 0 Å². The number of rotatable bonds is 7. The molecule has 1 aliphatic rings. The van der Waals surface area contributed by atoms with E-state index in [0.717, 1.165) is 6.42 Å². The molecule has 0 bridgehead atoms. The SMILES string of the molecule is Cc1ccc(N(c2ccc(C)cc2)c2ccc(CCCN3CCN(C)CC3)cc2)cc1. The van der Waals surface area contributed by atoms with Crippen molar-refractivity contribution in [2.75, 3.05) is 44.7 Å². The summed E-state index contributed by atoms with van der Waals surface area (Å²) in [6.45, 7) is 10.3. The van der Waals surface area contributed by atoms with E-state index >= 15 is 0 Å². The summed E-state index contributed by atoms with van der Waals surface area (Å²) in [6, 6.07) is 26.7. The highest BCUT2D eigenvalue weighted by molar-refractivity contribution is 5.76. The Morgan fingerprint density at radius 2 is 1.10 bits per heavy atom. The van der Waals surface area contributed by atoms with Gasteiger partial charge in [0.1, 0.15) is 0 Å². The van der Waals surface area contributed by atoms with Crippen LogP contribution in [0.3, 0.4) is 0 Å². The molecule has 0 radical (unpaired) electrons. The van der Waals surface area contributed by atoms with Gasteiger partial charge in [-0.05, 0) is 82.2 Å². The van der Waals surface area contributed by atoms with Crippen molar-refractivity contribution in [3.8, 4) is 0 Å². The molecule has 3 heteroatoms. The Labute approximate surface area is 187 Å². The van der Waals surface area contributed by atoms with Gasteiger partial charge in [-0.2, -0.15) is 0 Å². The lowest BCUT2D eigenvalue weighted by Gasteiger charge is -2.32. The lowest BCUT2D eigenvalue weighted by molar-refractivity contribution is 0.153. The number of aryl methyl sites for hydroxylation is 3. The summed E-state index contributed by atoms with van der Waals surface area (Å²) < 4.78 is 0. The second kappa shape index (κ2) is 10.1. The number of anilines is 3. The van der Waals surface area contributed by atoms with Crippen LogP contribution in [0.5, 0.6) is 0 Å². The van der Waals surface area contributed by atoms with Crippen molar-refractivity contribution in [2.45, 2.75) is 26.7 Å². The van der Waals surface area contributed by atoms with Crippen LogP contribution >= 0.6 is 0 Å². The van der Waals surface area contributed by atoms with E-state index < -0.39 is 0 Å². The second-order valence-corrected chi connectivity index (χ2v) is 8.92. The number of nitrogens with zero attached hydrogens (tertiary/aromatic N) is 3. The first kappa shape index (κ1) is 21.6. The summed E-state index contributed by atoms with van der Waals surface area (Å²) >= 11 is 0. The predicted molar refractivity (Wildman–Crippen MR) is 133 cm³/mol. The molecule has 1 saturated heterocycles. The topological polar surface area (TPSA) is 9.72 Å². The molecule has 0 aliphatic carbocycles. The number of likely N-dealkylation sites (N-methyl/N-ethyl adjacent to an activating group) is 1. The summed E-state index contributed by atoms with van der Waals surface area (Å²) in [7, 11) is 2.22. The Hall–Kier alpha value is -2.62. The van der Waals surface area contributed by atoms with Crippen molar-refractivity contribution in [1.29, 1.82) is 0 Å². The average Bonchev–Trinajstić information content (AvgIpc) is 2.79. The lowest BCUT2D eigenvalue weighted by Crippen LogP contribution is -2.44. The maximum atomic E-state index is 2.60. The van der Waals surface area contributed by atoms with E-state index in [1.54, 1.807) is 0 Å². The molecule has 1 heterocycles. The van der Waals surface area contributed by atoms with Gasteiger partial charge < -0.3 is 14.7 Å². The number of hydrogen-bond acceptors (Lipinski definition) is 3. The third kappa shape index (κ3) is 5.75. The van der Waals surface area contributed by atoms with Crippen molar-refractivity contribution in [1.82, 2.24) is 9.80 Å². The van der Waals surface area contributed by atoms with Crippen LogP contribution in [0.4, 0.5) is 17.1 Å². The van der Waals surface area contributed by atoms with Gasteiger partial charge in [-0.25, -0.2) is 0 Å². The van der Waals surface area contributed by atoms with Gasteiger partial charge in [0.15, 0.2) is 0 Å². The van der Waals surface area contributed by atoms with Crippen LogP contribution in [0.1, 0.15) is 23.1 Å². The first-order valence-corrected chi connectivity index (χ1v) is 11.5. The van der Waals surface area contributed by atoms with Crippen LogP contribution in [0.25, 0.3) is 0 Å². The summed E-state index contributed by atoms with van der Waals surface area (Å²) in [5, 5.41) is 0. The third-order valence-electron chi connectivity index (χ3n) is 6.31. The fourth-order valence-corrected chi connectivity index (χ4v) is 4.22. The van der Waals surface area contributed by atoms with E-state index in [-0.39, 0.29) is 0 Å². The smallest absolute Gasteiger partial charge is 0.0461 e. The minimum absolute atomic E-state index is 1.14. The minimum Gasteiger partial charge on any atom is -0.311 e. The number of hydrogen-bond donors (Lipinski definition) is 0. The zero-order valence-corrected chi connectivity index (χ0v) is 19.2. The Kier molecular flexibility index (Phi) is 7.06. The molecule has 0 atom stereocenters. The van der Waals surface area contributed by atoms with E-state index in [2.05, 4.69) is 108 Å². The van der Waals surface area contributed by atoms with E-state index in [9.17, 15) is 0 Å². The molecule has 31 heavy (non-hydrogen) atoms. The van der Waals surface area contributed by atoms with E-state index in [0.29, 0.717) is 0 Å². The Balaban J connectivity index is 1.46. The largest absolute Gasteiger partial charge is 0.311 e. The first-order chi connectivity index (χ1) is 15.1. The van der Waals surface area contributed by atoms with Crippen molar-refractivity contribution >= 4 is 17.1 Å². The van der Waals surface area contributed by atoms with Gasteiger partial charge in [0.2, 0.25) is 0 Å². The molecule has 0 unspecified atom stereocenters. The Bertz CT molecular complexity index is 892. The first-order valence-electron chi connectivity index (χ1n) is 11.5. The summed E-state index contributed by atoms with van der Waals surface area (Å²) in [5.41, 5.74) is 7.57. The summed E-state index contributed by atoms with van der Waals surface area (Å²) in [5.74, 6) is 0. The highest BCUT2D eigenvalue weighted by Gasteiger charge is 2.14. The van der Waals surface area contributed by atoms with Crippen molar-refractivity contribution in [3.05, 3.63) is 89.5 Å². The zero-order chi connectivity index (χ0) is 21.6. The van der Waals surface area contributed by atoms with E-state index in [4.69, 9.17) is 0 Å². The highest BCUT2D eigenvalue weighted by Crippen LogP contribution is 2.34. The molecule has 0 amide bonds. The van der Waals surface area contributed by atoms with Gasteiger partial charge in [-0.15, -0.1) is 0 Å². The molecule has 1 fully saturated rings. The van der Waals surface area contributed by atoms with E-state index in [1.165, 1.54) is 72.9 Å². The Morgan fingerprint density at radius 1 is 0.645 bits per heavy atom. The quantitative estimate of drug-likeness (QED) is 0.474. The van der Waals surface area contributed by atoms with Gasteiger partial charge in [-0.3, -0.25) is 0 Å². The third-order valence-corrected chi connectivity index (χ3v) is 6.31. The summed E-state index contributed by atoms with van der Waals surface area (Å²) in [4.78, 5) is 7.36. The molecular weight excluding hydrogens is 378 g/mol. The van der Waals surface area contributed by atoms with Crippen LogP contribution in [-0.2, 0) is 6.42 Å². The number of piperazine rings is 1. The molecule has 4 rings (SSSR count). The number of benzene rings is 3. The Morgan fingerprint density at radius 3 is 1.58 bits per heavy atom. The van der Waals surface area contributed by atoms with Gasteiger partial charge in [0.25, 0.3) is 0 Å². The van der Waals surface area contributed by atoms with Crippen LogP contribution in [0, 0.1) is 13.8 Å². The van der Waals surface area contributed by atoms with E-state index in [1.807, 2.05) is 0 Å². The van der Waals surface area contributed by atoms with Gasteiger partial charge in [0.05, 0.1) is 0 Å². The standard InChI is InChI=1S/C28H35N3/c1-23-6-12-26(13-7-23)31(27-14-8-24(2)9-15-27)28-16-10-25(11-17-28)5-4-18-30-21-19-29(3)20-22-30/h6-17H,4-5,18-22H2,1-3H3. The molecule has 0 aromatic heterocycles. The molecular formula is C28H35N3. The van der Waals surface area contributed by atoms with Crippen LogP contribution in [0.2, 0.25) is 0 Å². The second-order valence-electron chi connectivity index (χ2n) is 8.92. The lowest BCUT2D eigenvalue weighted by atomic mass is 10.1. The van der Waals surface area contributed by atoms with Crippen molar-refractivity contribution < 1.29 is 0 Å². The minimum atomic E-state index is 1.14. The fraction of sp³-hybridized carbons (Fsp3) is 0.357. The molecule has 1 aliphatic heterocycles. The van der Waals surface area contributed by atoms with Crippen molar-refractivity contribution in [3.63, 3.8) is 0 Å². The molecule has 3 aromatic carbocycles. The van der Waals surface area contributed by atoms with Gasteiger partial charge >= 0.3 is 0 Å². The van der Waals surface area contributed by atoms with Gasteiger partial charge in [-0.1, -0.05) is 47.5 Å². The zero-order valence-electron chi connectivity index (χ0n) is 19.2. The van der Waals surface area contributed by atoms with Crippen LogP contribution in [-0.4, -0.2) is 49.6 Å². The fourth-order valence-electron chi connectivity index (χ4n) is 4.22. The normalized spacial score (nSPS) is 15.2. The van der Waals surface area contributed by atoms with Crippen LogP contribution < -0.4 is 4.90 Å². The predicted octanol–water partition coefficient (Wildman–Crippen LogP) is 5.95. The highest BCUT2D eigenvalue weighted by atomic mass is 15.2. The average molecular weight is 414 g/mol. The van der Waals surface area contributed by atoms with Gasteiger partial charge in [0, 0.05) is 43.2 Å². The molecule has 0 spiro atoms. The maximum Gasteiger partial charge on any atom is 0.0461 e. The van der Waals surface area contributed by atoms with Crippen LogP contribution in [0.15, 0.2) is 72.8 Å². The molecule has 0 saturated carbocycles. The molecule has 162 valence electrons. The molecule has 0 N–H and O–H groups in total. The molecule has 3 nitrogen and oxygen atoms in total.